The first-order chi connectivity index (χ1) is 14.5. The fraction of sp³-hybridized carbons (Fsp3) is 0.273. The third kappa shape index (κ3) is 4.46. The van der Waals surface area contributed by atoms with E-state index in [2.05, 4.69) is 5.32 Å². The molecule has 164 valence electrons. The number of nitrogens with zero attached hydrogens (tertiary/aromatic N) is 1. The van der Waals surface area contributed by atoms with Gasteiger partial charge in [-0.25, -0.2) is 4.39 Å². The van der Waals surface area contributed by atoms with Crippen LogP contribution in [-0.2, 0) is 12.7 Å². The molecule has 0 aliphatic carbocycles. The second-order valence-electron chi connectivity index (χ2n) is 7.27. The lowest BCUT2D eigenvalue weighted by Gasteiger charge is -2.16. The number of aliphatic hydroxyl groups excluding tert-OH is 1. The molecular weight excluding hydrogens is 416 g/mol. The van der Waals surface area contributed by atoms with Crippen LogP contribution in [0.3, 0.4) is 0 Å². The number of carbonyl (C=O) groups excluding carboxylic acids is 1. The van der Waals surface area contributed by atoms with E-state index in [-0.39, 0.29) is 29.8 Å². The number of amides is 1. The van der Waals surface area contributed by atoms with Gasteiger partial charge in [-0.2, -0.15) is 13.2 Å². The van der Waals surface area contributed by atoms with Crippen molar-refractivity contribution in [3.63, 3.8) is 0 Å². The van der Waals surface area contributed by atoms with Gasteiger partial charge in [-0.1, -0.05) is 12.1 Å². The molecule has 0 unspecified atom stereocenters. The van der Waals surface area contributed by atoms with Crippen molar-refractivity contribution in [1.29, 1.82) is 0 Å². The van der Waals surface area contributed by atoms with Crippen LogP contribution >= 0.6 is 0 Å². The van der Waals surface area contributed by atoms with Gasteiger partial charge >= 0.3 is 6.18 Å². The van der Waals surface area contributed by atoms with Gasteiger partial charge in [0.05, 0.1) is 23.8 Å². The number of nitrogens with one attached hydrogen (secondary N) is 1. The van der Waals surface area contributed by atoms with E-state index in [1.165, 1.54) is 10.8 Å². The number of hydrogen-bond acceptors (Lipinski definition) is 3. The molecule has 1 heterocycles. The number of aliphatic hydroxyl groups is 1. The summed E-state index contributed by atoms with van der Waals surface area (Å²) in [6.07, 6.45) is -3.31. The Labute approximate surface area is 174 Å². The average Bonchev–Trinajstić information content (AvgIpc) is 2.70. The van der Waals surface area contributed by atoms with Crippen molar-refractivity contribution < 1.29 is 27.5 Å². The Bertz CT molecular complexity index is 1200. The first-order valence-electron chi connectivity index (χ1n) is 9.43. The molecule has 1 aromatic heterocycles. The standard InChI is InChI=1S/C22H20F4N2O3/c1-12-3-5-16-15(7-8-28(21(16)31)13(2)11-29)19(12)20(30)27-10-14-4-6-17(18(23)9-14)22(24,25)26/h3-9,13,29H,10-11H2,1-2H3,(H,27,30)/t13-/m1/s1. The van der Waals surface area contributed by atoms with Crippen molar-refractivity contribution in [2.24, 2.45) is 0 Å². The molecule has 2 N–H and O–H groups in total. The van der Waals surface area contributed by atoms with E-state index in [9.17, 15) is 32.3 Å². The number of benzene rings is 2. The summed E-state index contributed by atoms with van der Waals surface area (Å²) in [5, 5.41) is 12.6. The zero-order chi connectivity index (χ0) is 22.9. The second-order valence-corrected chi connectivity index (χ2v) is 7.27. The number of alkyl halides is 3. The van der Waals surface area contributed by atoms with E-state index in [0.29, 0.717) is 22.4 Å². The van der Waals surface area contributed by atoms with Gasteiger partial charge < -0.3 is 15.0 Å². The Balaban J connectivity index is 1.91. The molecule has 9 heteroatoms. The van der Waals surface area contributed by atoms with Crippen LogP contribution in [0, 0.1) is 12.7 Å². The minimum atomic E-state index is -4.80. The first-order valence-corrected chi connectivity index (χ1v) is 9.43. The topological polar surface area (TPSA) is 71.3 Å². The maximum Gasteiger partial charge on any atom is 0.419 e. The van der Waals surface area contributed by atoms with Crippen molar-refractivity contribution in [3.05, 3.63) is 81.0 Å². The van der Waals surface area contributed by atoms with Gasteiger partial charge in [0, 0.05) is 23.5 Å². The molecule has 2 aromatic carbocycles. The van der Waals surface area contributed by atoms with Crippen molar-refractivity contribution in [2.75, 3.05) is 6.61 Å². The van der Waals surface area contributed by atoms with Crippen LogP contribution < -0.4 is 10.9 Å². The third-order valence-electron chi connectivity index (χ3n) is 5.08. The largest absolute Gasteiger partial charge is 0.419 e. The molecule has 3 rings (SSSR count). The molecule has 31 heavy (non-hydrogen) atoms. The molecule has 1 atom stereocenters. The van der Waals surface area contributed by atoms with E-state index >= 15 is 0 Å². The van der Waals surface area contributed by atoms with Gasteiger partial charge in [-0.05, 0) is 49.2 Å². The Morgan fingerprint density at radius 3 is 2.48 bits per heavy atom. The fourth-order valence-corrected chi connectivity index (χ4v) is 3.36. The maximum atomic E-state index is 13.8. The smallest absolute Gasteiger partial charge is 0.394 e. The quantitative estimate of drug-likeness (QED) is 0.595. The lowest BCUT2D eigenvalue weighted by Crippen LogP contribution is -2.27. The monoisotopic (exact) mass is 436 g/mol. The molecule has 3 aromatic rings. The summed E-state index contributed by atoms with van der Waals surface area (Å²) in [6.45, 7) is 2.95. The van der Waals surface area contributed by atoms with Gasteiger partial charge in [0.15, 0.2) is 0 Å². The van der Waals surface area contributed by atoms with Gasteiger partial charge in [-0.3, -0.25) is 9.59 Å². The summed E-state index contributed by atoms with van der Waals surface area (Å²) in [5.74, 6) is -1.96. The van der Waals surface area contributed by atoms with E-state index < -0.39 is 29.5 Å². The molecule has 0 saturated carbocycles. The molecule has 0 saturated heterocycles. The summed E-state index contributed by atoms with van der Waals surface area (Å²) in [5.41, 5.74) is -0.739. The highest BCUT2D eigenvalue weighted by Gasteiger charge is 2.33. The van der Waals surface area contributed by atoms with Crippen LogP contribution in [-0.4, -0.2) is 22.2 Å². The molecule has 0 fully saturated rings. The van der Waals surface area contributed by atoms with Crippen LogP contribution in [0.15, 0.2) is 47.4 Å². The Kier molecular flexibility index (Phi) is 6.17. The fourth-order valence-electron chi connectivity index (χ4n) is 3.36. The van der Waals surface area contributed by atoms with E-state index in [0.717, 1.165) is 12.1 Å². The molecule has 0 radical (unpaired) electrons. The van der Waals surface area contributed by atoms with Crippen LogP contribution in [0.4, 0.5) is 17.6 Å². The van der Waals surface area contributed by atoms with E-state index in [4.69, 9.17) is 0 Å². The normalized spacial score (nSPS) is 12.7. The first kappa shape index (κ1) is 22.5. The highest BCUT2D eigenvalue weighted by Crippen LogP contribution is 2.31. The van der Waals surface area contributed by atoms with Crippen molar-refractivity contribution in [2.45, 2.75) is 32.6 Å². The summed E-state index contributed by atoms with van der Waals surface area (Å²) in [7, 11) is 0. The number of aromatic nitrogens is 1. The maximum absolute atomic E-state index is 13.8. The summed E-state index contributed by atoms with van der Waals surface area (Å²) >= 11 is 0. The van der Waals surface area contributed by atoms with Crippen LogP contribution in [0.2, 0.25) is 0 Å². The average molecular weight is 436 g/mol. The summed E-state index contributed by atoms with van der Waals surface area (Å²) in [4.78, 5) is 25.5. The third-order valence-corrected chi connectivity index (χ3v) is 5.08. The second kappa shape index (κ2) is 8.50. The number of halogens is 4. The van der Waals surface area contributed by atoms with E-state index in [1.54, 1.807) is 32.0 Å². The van der Waals surface area contributed by atoms with Crippen molar-refractivity contribution in [3.8, 4) is 0 Å². The molecule has 0 spiro atoms. The number of hydrogen-bond donors (Lipinski definition) is 2. The highest BCUT2D eigenvalue weighted by atomic mass is 19.4. The zero-order valence-electron chi connectivity index (χ0n) is 16.8. The predicted octanol–water partition coefficient (Wildman–Crippen LogP) is 3.95. The van der Waals surface area contributed by atoms with Crippen LogP contribution in [0.1, 0.15) is 40.0 Å². The number of aryl methyl sites for hydroxylation is 1. The SMILES string of the molecule is Cc1ccc2c(=O)n([C@H](C)CO)ccc2c1C(=O)NCc1ccc(C(F)(F)F)c(F)c1. The Morgan fingerprint density at radius 1 is 1.16 bits per heavy atom. The predicted molar refractivity (Wildman–Crippen MR) is 107 cm³/mol. The highest BCUT2D eigenvalue weighted by molar-refractivity contribution is 6.08. The summed E-state index contributed by atoms with van der Waals surface area (Å²) < 4.78 is 53.2. The lowest BCUT2D eigenvalue weighted by molar-refractivity contribution is -0.140. The minimum absolute atomic E-state index is 0.163. The number of fused-ring (bicyclic) bond motifs is 1. The minimum Gasteiger partial charge on any atom is -0.394 e. The Morgan fingerprint density at radius 2 is 1.87 bits per heavy atom. The molecule has 0 aliphatic heterocycles. The molecule has 0 bridgehead atoms. The molecule has 0 aliphatic rings. The van der Waals surface area contributed by atoms with E-state index in [1.807, 2.05) is 0 Å². The molecule has 5 nitrogen and oxygen atoms in total. The van der Waals surface area contributed by atoms with Crippen LogP contribution in [0.25, 0.3) is 10.8 Å². The van der Waals surface area contributed by atoms with Gasteiger partial charge in [0.1, 0.15) is 5.82 Å². The number of rotatable bonds is 5. The number of carbonyl (C=O) groups is 1. The summed E-state index contributed by atoms with van der Waals surface area (Å²) in [6, 6.07) is 6.82. The van der Waals surface area contributed by atoms with Gasteiger partial charge in [-0.15, -0.1) is 0 Å². The number of pyridine rings is 1. The van der Waals surface area contributed by atoms with Gasteiger partial charge in [0.2, 0.25) is 0 Å². The van der Waals surface area contributed by atoms with Crippen LogP contribution in [0.5, 0.6) is 0 Å². The van der Waals surface area contributed by atoms with Crippen molar-refractivity contribution >= 4 is 16.7 Å². The molecule has 1 amide bonds. The molecular formula is C22H20F4N2O3. The lowest BCUT2D eigenvalue weighted by atomic mass is 10.00. The van der Waals surface area contributed by atoms with Gasteiger partial charge in [0.25, 0.3) is 11.5 Å². The zero-order valence-corrected chi connectivity index (χ0v) is 16.8. The Hall–Kier alpha value is -3.20. The van der Waals surface area contributed by atoms with Crippen molar-refractivity contribution in [1.82, 2.24) is 9.88 Å².